The molecule has 2 aromatic rings. The minimum atomic E-state index is -0.516. The number of para-hydroxylation sites is 1. The van der Waals surface area contributed by atoms with Gasteiger partial charge in [0.1, 0.15) is 5.75 Å². The van der Waals surface area contributed by atoms with Crippen LogP contribution in [-0.2, 0) is 9.59 Å². The van der Waals surface area contributed by atoms with E-state index in [2.05, 4.69) is 5.32 Å². The number of imide groups is 1. The molecule has 4 nitrogen and oxygen atoms in total. The molecular formula is C16H11NO3. The molecule has 2 amide bonds. The van der Waals surface area contributed by atoms with E-state index in [4.69, 9.17) is 4.74 Å². The summed E-state index contributed by atoms with van der Waals surface area (Å²) in [5, 5.41) is 2.26. The Hall–Kier alpha value is -2.88. The molecule has 98 valence electrons. The average Bonchev–Trinajstić information content (AvgIpc) is 2.75. The topological polar surface area (TPSA) is 55.4 Å². The van der Waals surface area contributed by atoms with Crippen molar-refractivity contribution in [3.63, 3.8) is 0 Å². The summed E-state index contributed by atoms with van der Waals surface area (Å²) >= 11 is 0. The molecular weight excluding hydrogens is 254 g/mol. The Labute approximate surface area is 115 Å². The normalized spacial score (nSPS) is 14.4. The van der Waals surface area contributed by atoms with E-state index in [1.807, 2.05) is 12.1 Å². The maximum absolute atomic E-state index is 11.9. The van der Waals surface area contributed by atoms with Gasteiger partial charge in [0.25, 0.3) is 11.8 Å². The molecule has 0 saturated heterocycles. The second-order valence-electron chi connectivity index (χ2n) is 4.27. The van der Waals surface area contributed by atoms with E-state index in [-0.39, 0.29) is 11.3 Å². The lowest BCUT2D eigenvalue weighted by molar-refractivity contribution is -0.124. The van der Waals surface area contributed by atoms with Crippen molar-refractivity contribution in [1.82, 2.24) is 5.32 Å². The van der Waals surface area contributed by atoms with Crippen LogP contribution in [0.25, 0.3) is 5.57 Å². The third-order valence-electron chi connectivity index (χ3n) is 2.91. The Morgan fingerprint density at radius 2 is 1.35 bits per heavy atom. The van der Waals surface area contributed by atoms with Gasteiger partial charge in [-0.25, -0.2) is 0 Å². The van der Waals surface area contributed by atoms with Gasteiger partial charge in [0.2, 0.25) is 5.76 Å². The first-order valence-corrected chi connectivity index (χ1v) is 6.14. The minimum Gasteiger partial charge on any atom is -0.451 e. The summed E-state index contributed by atoms with van der Waals surface area (Å²) in [6, 6.07) is 17.9. The molecule has 4 heteroatoms. The number of nitrogens with one attached hydrogen (secondary N) is 1. The predicted molar refractivity (Wildman–Crippen MR) is 73.6 cm³/mol. The molecule has 2 aromatic carbocycles. The summed E-state index contributed by atoms with van der Waals surface area (Å²) in [4.78, 5) is 23.8. The molecule has 0 radical (unpaired) electrons. The largest absolute Gasteiger partial charge is 0.451 e. The van der Waals surface area contributed by atoms with Crippen LogP contribution in [0.3, 0.4) is 0 Å². The average molecular weight is 265 g/mol. The van der Waals surface area contributed by atoms with Crippen LogP contribution >= 0.6 is 0 Å². The van der Waals surface area contributed by atoms with Gasteiger partial charge in [0.15, 0.2) is 0 Å². The number of rotatable bonds is 3. The molecule has 1 N–H and O–H groups in total. The Morgan fingerprint density at radius 1 is 0.750 bits per heavy atom. The summed E-state index contributed by atoms with van der Waals surface area (Å²) in [5.74, 6) is -0.405. The van der Waals surface area contributed by atoms with Crippen molar-refractivity contribution < 1.29 is 14.3 Å². The quantitative estimate of drug-likeness (QED) is 0.865. The predicted octanol–water partition coefficient (Wildman–Crippen LogP) is 2.13. The molecule has 20 heavy (non-hydrogen) atoms. The monoisotopic (exact) mass is 265 g/mol. The SMILES string of the molecule is O=C1NC(=O)C(c2ccccc2)=C1Oc1ccccc1. The highest BCUT2D eigenvalue weighted by Crippen LogP contribution is 2.26. The van der Waals surface area contributed by atoms with E-state index in [9.17, 15) is 9.59 Å². The molecule has 0 aliphatic carbocycles. The maximum Gasteiger partial charge on any atom is 0.294 e. The lowest BCUT2D eigenvalue weighted by atomic mass is 10.1. The smallest absolute Gasteiger partial charge is 0.294 e. The van der Waals surface area contributed by atoms with Crippen molar-refractivity contribution in [1.29, 1.82) is 0 Å². The van der Waals surface area contributed by atoms with Crippen LogP contribution in [0.15, 0.2) is 66.4 Å². The van der Waals surface area contributed by atoms with E-state index in [0.717, 1.165) is 0 Å². The number of ether oxygens (including phenoxy) is 1. The minimum absolute atomic E-state index is 0.0346. The van der Waals surface area contributed by atoms with E-state index in [1.54, 1.807) is 48.5 Å². The van der Waals surface area contributed by atoms with Crippen LogP contribution in [0.1, 0.15) is 5.56 Å². The molecule has 0 spiro atoms. The number of benzene rings is 2. The number of carbonyl (C=O) groups excluding carboxylic acids is 2. The summed E-state index contributed by atoms with van der Waals surface area (Å²) in [6.07, 6.45) is 0. The highest BCUT2D eigenvalue weighted by Gasteiger charge is 2.33. The molecule has 0 unspecified atom stereocenters. The Balaban J connectivity index is 2.05. The van der Waals surface area contributed by atoms with Crippen LogP contribution < -0.4 is 10.1 Å². The molecule has 1 aliphatic heterocycles. The maximum atomic E-state index is 11.9. The van der Waals surface area contributed by atoms with E-state index in [0.29, 0.717) is 11.3 Å². The number of hydrogen-bond donors (Lipinski definition) is 1. The van der Waals surface area contributed by atoms with Gasteiger partial charge in [-0.3, -0.25) is 14.9 Å². The van der Waals surface area contributed by atoms with Gasteiger partial charge in [0.05, 0.1) is 5.57 Å². The van der Waals surface area contributed by atoms with Crippen LogP contribution in [0.2, 0.25) is 0 Å². The molecule has 0 atom stereocenters. The fourth-order valence-corrected chi connectivity index (χ4v) is 2.01. The van der Waals surface area contributed by atoms with Gasteiger partial charge in [-0.2, -0.15) is 0 Å². The van der Waals surface area contributed by atoms with Gasteiger partial charge in [-0.15, -0.1) is 0 Å². The van der Waals surface area contributed by atoms with Crippen molar-refractivity contribution in [3.8, 4) is 5.75 Å². The molecule has 1 heterocycles. The summed E-state index contributed by atoms with van der Waals surface area (Å²) in [5.41, 5.74) is 0.918. The van der Waals surface area contributed by atoms with Gasteiger partial charge >= 0.3 is 0 Å². The third kappa shape index (κ3) is 2.19. The van der Waals surface area contributed by atoms with Crippen molar-refractivity contribution in [3.05, 3.63) is 72.0 Å². The number of amides is 2. The van der Waals surface area contributed by atoms with Gasteiger partial charge in [-0.05, 0) is 17.7 Å². The fraction of sp³-hybridized carbons (Fsp3) is 0. The molecule has 0 fully saturated rings. The van der Waals surface area contributed by atoms with Crippen molar-refractivity contribution >= 4 is 17.4 Å². The van der Waals surface area contributed by atoms with Crippen LogP contribution in [0.5, 0.6) is 5.75 Å². The lowest BCUT2D eigenvalue weighted by Crippen LogP contribution is -2.24. The number of carbonyl (C=O) groups is 2. The molecule has 0 saturated carbocycles. The number of hydrogen-bond acceptors (Lipinski definition) is 3. The van der Waals surface area contributed by atoms with Crippen molar-refractivity contribution in [2.45, 2.75) is 0 Å². The van der Waals surface area contributed by atoms with Gasteiger partial charge in [-0.1, -0.05) is 48.5 Å². The first-order chi connectivity index (χ1) is 9.75. The van der Waals surface area contributed by atoms with Crippen molar-refractivity contribution in [2.24, 2.45) is 0 Å². The zero-order valence-electron chi connectivity index (χ0n) is 10.5. The van der Waals surface area contributed by atoms with E-state index < -0.39 is 11.8 Å². The Morgan fingerprint density at radius 3 is 2.00 bits per heavy atom. The van der Waals surface area contributed by atoms with Crippen molar-refractivity contribution in [2.75, 3.05) is 0 Å². The van der Waals surface area contributed by atoms with Crippen LogP contribution in [0.4, 0.5) is 0 Å². The van der Waals surface area contributed by atoms with Crippen LogP contribution in [0, 0.1) is 0 Å². The second-order valence-corrected chi connectivity index (χ2v) is 4.27. The summed E-state index contributed by atoms with van der Waals surface area (Å²) in [6.45, 7) is 0. The summed E-state index contributed by atoms with van der Waals surface area (Å²) in [7, 11) is 0. The fourth-order valence-electron chi connectivity index (χ4n) is 2.01. The third-order valence-corrected chi connectivity index (χ3v) is 2.91. The van der Waals surface area contributed by atoms with E-state index >= 15 is 0 Å². The second kappa shape index (κ2) is 5.01. The van der Waals surface area contributed by atoms with E-state index in [1.165, 1.54) is 0 Å². The first-order valence-electron chi connectivity index (χ1n) is 6.14. The molecule has 1 aliphatic rings. The molecule has 3 rings (SSSR count). The Bertz CT molecular complexity index is 690. The molecule has 0 bridgehead atoms. The van der Waals surface area contributed by atoms with Gasteiger partial charge < -0.3 is 4.74 Å². The first kappa shape index (κ1) is 12.2. The van der Waals surface area contributed by atoms with Gasteiger partial charge in [0, 0.05) is 0 Å². The zero-order chi connectivity index (χ0) is 13.9. The Kier molecular flexibility index (Phi) is 3.05. The lowest BCUT2D eigenvalue weighted by Gasteiger charge is -2.06. The highest BCUT2D eigenvalue weighted by molar-refractivity contribution is 6.35. The van der Waals surface area contributed by atoms with Crippen LogP contribution in [-0.4, -0.2) is 11.8 Å². The highest BCUT2D eigenvalue weighted by atomic mass is 16.5. The summed E-state index contributed by atoms with van der Waals surface area (Å²) < 4.78 is 5.57. The zero-order valence-corrected chi connectivity index (χ0v) is 10.5. The molecule has 0 aromatic heterocycles. The standard InChI is InChI=1S/C16H11NO3/c18-15-13(11-7-3-1-4-8-11)14(16(19)17-15)20-12-9-5-2-6-10-12/h1-10H,(H,17,18,19).